The molecule has 0 unspecified atom stereocenters. The normalized spacial score (nSPS) is 10.6. The molecule has 1 aromatic heterocycles. The summed E-state index contributed by atoms with van der Waals surface area (Å²) in [7, 11) is 1.60. The van der Waals surface area contributed by atoms with Crippen molar-refractivity contribution in [2.45, 2.75) is 6.61 Å². The van der Waals surface area contributed by atoms with Gasteiger partial charge < -0.3 is 14.8 Å². The molecule has 2 aromatic rings. The predicted molar refractivity (Wildman–Crippen MR) is 50.8 cm³/mol. The average molecular weight is 177 g/mol. The zero-order valence-corrected chi connectivity index (χ0v) is 7.37. The number of rotatable bonds is 2. The first kappa shape index (κ1) is 8.13. The maximum atomic E-state index is 9.17. The molecule has 68 valence electrons. The summed E-state index contributed by atoms with van der Waals surface area (Å²) in [5, 5.41) is 10.2. The van der Waals surface area contributed by atoms with Crippen LogP contribution in [0.2, 0.25) is 0 Å². The van der Waals surface area contributed by atoms with Crippen LogP contribution in [0.15, 0.2) is 24.4 Å². The highest BCUT2D eigenvalue weighted by molar-refractivity contribution is 5.85. The minimum absolute atomic E-state index is 0.00162. The van der Waals surface area contributed by atoms with E-state index in [1.54, 1.807) is 7.11 Å². The fourth-order valence-corrected chi connectivity index (χ4v) is 1.53. The van der Waals surface area contributed by atoms with Gasteiger partial charge in [-0.05, 0) is 18.2 Å². The lowest BCUT2D eigenvalue weighted by Gasteiger charge is -2.06. The highest BCUT2D eigenvalue weighted by Gasteiger charge is 2.06. The van der Waals surface area contributed by atoms with E-state index in [0.29, 0.717) is 0 Å². The molecule has 2 N–H and O–H groups in total. The molecule has 0 saturated heterocycles. The second-order valence-electron chi connectivity index (χ2n) is 2.84. The van der Waals surface area contributed by atoms with Crippen molar-refractivity contribution in [2.24, 2.45) is 0 Å². The lowest BCUT2D eigenvalue weighted by Crippen LogP contribution is -1.91. The minimum Gasteiger partial charge on any atom is -0.496 e. The summed E-state index contributed by atoms with van der Waals surface area (Å²) in [5.74, 6) is 0.731. The SMILES string of the molecule is COc1ccc2[nH]ccc2c1CO. The van der Waals surface area contributed by atoms with Gasteiger partial charge in [0.2, 0.25) is 0 Å². The summed E-state index contributed by atoms with van der Waals surface area (Å²) in [6.45, 7) is -0.00162. The summed E-state index contributed by atoms with van der Waals surface area (Å²) in [4.78, 5) is 3.08. The van der Waals surface area contributed by atoms with E-state index in [-0.39, 0.29) is 6.61 Å². The van der Waals surface area contributed by atoms with E-state index >= 15 is 0 Å². The number of hydrogen-bond donors (Lipinski definition) is 2. The monoisotopic (exact) mass is 177 g/mol. The second kappa shape index (κ2) is 3.11. The Hall–Kier alpha value is -1.48. The van der Waals surface area contributed by atoms with Crippen molar-refractivity contribution in [1.82, 2.24) is 4.98 Å². The van der Waals surface area contributed by atoms with Gasteiger partial charge in [-0.15, -0.1) is 0 Å². The van der Waals surface area contributed by atoms with E-state index in [4.69, 9.17) is 4.74 Å². The van der Waals surface area contributed by atoms with Crippen molar-refractivity contribution in [3.8, 4) is 5.75 Å². The third-order valence-corrected chi connectivity index (χ3v) is 2.18. The molecule has 0 bridgehead atoms. The Morgan fingerprint density at radius 2 is 2.23 bits per heavy atom. The zero-order valence-electron chi connectivity index (χ0n) is 7.37. The third-order valence-electron chi connectivity index (χ3n) is 2.18. The molecule has 2 rings (SSSR count). The fourth-order valence-electron chi connectivity index (χ4n) is 1.53. The first-order valence-corrected chi connectivity index (χ1v) is 4.10. The molecule has 0 atom stereocenters. The topological polar surface area (TPSA) is 45.2 Å². The maximum absolute atomic E-state index is 9.17. The Balaban J connectivity index is 2.74. The van der Waals surface area contributed by atoms with Gasteiger partial charge in [-0.25, -0.2) is 0 Å². The molecule has 0 saturated carbocycles. The van der Waals surface area contributed by atoms with E-state index in [1.165, 1.54) is 0 Å². The molecule has 13 heavy (non-hydrogen) atoms. The van der Waals surface area contributed by atoms with Crippen LogP contribution in [0.3, 0.4) is 0 Å². The molecular formula is C10H11NO2. The van der Waals surface area contributed by atoms with Crippen LogP contribution in [0.1, 0.15) is 5.56 Å². The molecule has 0 fully saturated rings. The van der Waals surface area contributed by atoms with E-state index < -0.39 is 0 Å². The van der Waals surface area contributed by atoms with Crippen molar-refractivity contribution >= 4 is 10.9 Å². The van der Waals surface area contributed by atoms with Crippen LogP contribution < -0.4 is 4.74 Å². The maximum Gasteiger partial charge on any atom is 0.125 e. The lowest BCUT2D eigenvalue weighted by atomic mass is 10.1. The van der Waals surface area contributed by atoms with Gasteiger partial charge in [-0.1, -0.05) is 0 Å². The van der Waals surface area contributed by atoms with Crippen LogP contribution in [-0.2, 0) is 6.61 Å². The zero-order chi connectivity index (χ0) is 9.26. The van der Waals surface area contributed by atoms with Gasteiger partial charge in [0.05, 0.1) is 13.7 Å². The van der Waals surface area contributed by atoms with Gasteiger partial charge in [-0.3, -0.25) is 0 Å². The minimum atomic E-state index is -0.00162. The first-order chi connectivity index (χ1) is 6.36. The number of aromatic nitrogens is 1. The van der Waals surface area contributed by atoms with Gasteiger partial charge in [0.15, 0.2) is 0 Å². The molecule has 0 radical (unpaired) electrons. The first-order valence-electron chi connectivity index (χ1n) is 4.10. The number of ether oxygens (including phenoxy) is 1. The van der Waals surface area contributed by atoms with E-state index in [0.717, 1.165) is 22.2 Å². The second-order valence-corrected chi connectivity index (χ2v) is 2.84. The summed E-state index contributed by atoms with van der Waals surface area (Å²) in [5.41, 5.74) is 1.85. The quantitative estimate of drug-likeness (QED) is 0.732. The number of H-pyrrole nitrogens is 1. The van der Waals surface area contributed by atoms with Gasteiger partial charge in [-0.2, -0.15) is 0 Å². The Morgan fingerprint density at radius 1 is 1.38 bits per heavy atom. The lowest BCUT2D eigenvalue weighted by molar-refractivity contribution is 0.275. The number of aliphatic hydroxyl groups excluding tert-OH is 1. The number of fused-ring (bicyclic) bond motifs is 1. The summed E-state index contributed by atoms with van der Waals surface area (Å²) < 4.78 is 5.14. The average Bonchev–Trinajstić information content (AvgIpc) is 2.63. The molecule has 1 aromatic carbocycles. The fraction of sp³-hybridized carbons (Fsp3) is 0.200. The Morgan fingerprint density at radius 3 is 2.92 bits per heavy atom. The molecule has 0 amide bonds. The van der Waals surface area contributed by atoms with Gasteiger partial charge in [0.25, 0.3) is 0 Å². The summed E-state index contributed by atoms with van der Waals surface area (Å²) in [6, 6.07) is 5.72. The van der Waals surface area contributed by atoms with Crippen molar-refractivity contribution in [3.05, 3.63) is 30.0 Å². The number of nitrogens with one attached hydrogen (secondary N) is 1. The van der Waals surface area contributed by atoms with Gasteiger partial charge >= 0.3 is 0 Å². The molecule has 0 aliphatic rings. The number of aromatic amines is 1. The molecular weight excluding hydrogens is 166 g/mol. The van der Waals surface area contributed by atoms with Crippen molar-refractivity contribution in [2.75, 3.05) is 7.11 Å². The van der Waals surface area contributed by atoms with Crippen LogP contribution in [0.5, 0.6) is 5.75 Å². The molecule has 3 heteroatoms. The van der Waals surface area contributed by atoms with Crippen LogP contribution in [0.25, 0.3) is 10.9 Å². The van der Waals surface area contributed by atoms with Crippen LogP contribution in [-0.4, -0.2) is 17.2 Å². The number of benzene rings is 1. The summed E-state index contributed by atoms with van der Waals surface area (Å²) >= 11 is 0. The number of hydrogen-bond acceptors (Lipinski definition) is 2. The predicted octanol–water partition coefficient (Wildman–Crippen LogP) is 1.67. The van der Waals surface area contributed by atoms with Crippen molar-refractivity contribution < 1.29 is 9.84 Å². The van der Waals surface area contributed by atoms with E-state index in [9.17, 15) is 5.11 Å². The van der Waals surface area contributed by atoms with Crippen LogP contribution >= 0.6 is 0 Å². The summed E-state index contributed by atoms with van der Waals surface area (Å²) in [6.07, 6.45) is 1.85. The van der Waals surface area contributed by atoms with E-state index in [1.807, 2.05) is 24.4 Å². The Labute approximate surface area is 76.0 Å². The highest BCUT2D eigenvalue weighted by atomic mass is 16.5. The molecule has 1 heterocycles. The Bertz CT molecular complexity index is 420. The largest absolute Gasteiger partial charge is 0.496 e. The molecule has 3 nitrogen and oxygen atoms in total. The molecule has 0 aliphatic heterocycles. The number of aliphatic hydroxyl groups is 1. The number of methoxy groups -OCH3 is 1. The van der Waals surface area contributed by atoms with Gasteiger partial charge in [0, 0.05) is 22.7 Å². The van der Waals surface area contributed by atoms with Gasteiger partial charge in [0.1, 0.15) is 5.75 Å². The Kier molecular flexibility index (Phi) is 1.94. The third kappa shape index (κ3) is 1.17. The van der Waals surface area contributed by atoms with E-state index in [2.05, 4.69) is 4.98 Å². The molecule has 0 spiro atoms. The standard InChI is InChI=1S/C10H11NO2/c1-13-10-3-2-9-7(4-5-11-9)8(10)6-12/h2-5,11-12H,6H2,1H3. The van der Waals surface area contributed by atoms with Crippen molar-refractivity contribution in [3.63, 3.8) is 0 Å². The van der Waals surface area contributed by atoms with Crippen LogP contribution in [0.4, 0.5) is 0 Å². The highest BCUT2D eigenvalue weighted by Crippen LogP contribution is 2.26. The smallest absolute Gasteiger partial charge is 0.125 e. The van der Waals surface area contributed by atoms with Crippen molar-refractivity contribution in [1.29, 1.82) is 0 Å². The molecule has 0 aliphatic carbocycles. The van der Waals surface area contributed by atoms with Crippen LogP contribution in [0, 0.1) is 0 Å².